The quantitative estimate of drug-likeness (QED) is 0.418. The first-order valence-electron chi connectivity index (χ1n) is 9.76. The molecule has 0 aromatic carbocycles. The molecular weight excluding hydrogens is 439 g/mol. The van der Waals surface area contributed by atoms with E-state index in [4.69, 9.17) is 26.8 Å². The molecule has 4 aromatic rings. The highest BCUT2D eigenvalue weighted by Crippen LogP contribution is 2.29. The Labute approximate surface area is 188 Å². The van der Waals surface area contributed by atoms with Crippen LogP contribution in [-0.4, -0.2) is 54.2 Å². The Hall–Kier alpha value is -3.47. The van der Waals surface area contributed by atoms with Crippen LogP contribution < -0.4 is 15.2 Å². The number of nitrogens with zero attached hydrogens (tertiary/aromatic N) is 7. The number of hydrogen-bond donors (Lipinski definition) is 1. The molecule has 0 aliphatic carbocycles. The molecule has 4 rings (SSSR count). The Balaban J connectivity index is 1.51. The van der Waals surface area contributed by atoms with Gasteiger partial charge in [-0.15, -0.1) is 5.10 Å². The SMILES string of the molecule is COc1nc(C)ncc1-n1nc(OCC(F)Cn2cc(C)c3cnc(Cl)nc32)c(N)c1C. The molecular formula is C20H22ClFN8O2. The van der Waals surface area contributed by atoms with E-state index in [0.717, 1.165) is 10.9 Å². The van der Waals surface area contributed by atoms with E-state index >= 15 is 0 Å². The maximum atomic E-state index is 14.8. The molecule has 0 radical (unpaired) electrons. The van der Waals surface area contributed by atoms with Crippen molar-refractivity contribution >= 4 is 28.3 Å². The third-order valence-corrected chi connectivity index (χ3v) is 5.17. The van der Waals surface area contributed by atoms with Crippen molar-refractivity contribution < 1.29 is 13.9 Å². The number of aromatic nitrogens is 7. The van der Waals surface area contributed by atoms with Crippen LogP contribution in [0.2, 0.25) is 5.28 Å². The number of methoxy groups -OCH3 is 1. The lowest BCUT2D eigenvalue weighted by atomic mass is 10.3. The molecule has 0 amide bonds. The molecule has 2 N–H and O–H groups in total. The molecule has 1 unspecified atom stereocenters. The second kappa shape index (κ2) is 8.58. The van der Waals surface area contributed by atoms with Crippen molar-refractivity contribution in [1.29, 1.82) is 0 Å². The highest BCUT2D eigenvalue weighted by molar-refractivity contribution is 6.28. The Bertz CT molecular complexity index is 1290. The van der Waals surface area contributed by atoms with Crippen LogP contribution in [0.1, 0.15) is 17.1 Å². The van der Waals surface area contributed by atoms with Gasteiger partial charge < -0.3 is 19.8 Å². The molecule has 1 atom stereocenters. The number of anilines is 1. The maximum absolute atomic E-state index is 14.8. The average Bonchev–Trinajstić information content (AvgIpc) is 3.22. The minimum atomic E-state index is -1.35. The third kappa shape index (κ3) is 4.03. The van der Waals surface area contributed by atoms with Crippen molar-refractivity contribution in [3.63, 3.8) is 0 Å². The van der Waals surface area contributed by atoms with Crippen LogP contribution in [-0.2, 0) is 6.54 Å². The summed E-state index contributed by atoms with van der Waals surface area (Å²) in [5.41, 5.74) is 9.03. The van der Waals surface area contributed by atoms with Gasteiger partial charge in [0.1, 0.15) is 29.5 Å². The molecule has 168 valence electrons. The second-order valence-corrected chi connectivity index (χ2v) is 7.61. The fourth-order valence-corrected chi connectivity index (χ4v) is 3.49. The summed E-state index contributed by atoms with van der Waals surface area (Å²) in [6.07, 6.45) is 3.66. The normalized spacial score (nSPS) is 12.3. The van der Waals surface area contributed by atoms with Crippen LogP contribution in [0.25, 0.3) is 16.7 Å². The maximum Gasteiger partial charge on any atom is 0.257 e. The summed E-state index contributed by atoms with van der Waals surface area (Å²) < 4.78 is 28.9. The number of halogens is 2. The summed E-state index contributed by atoms with van der Waals surface area (Å²) in [4.78, 5) is 16.6. The van der Waals surface area contributed by atoms with Crippen molar-refractivity contribution in [2.45, 2.75) is 33.5 Å². The zero-order valence-corrected chi connectivity index (χ0v) is 18.8. The molecule has 0 aliphatic heterocycles. The van der Waals surface area contributed by atoms with Crippen LogP contribution in [0.15, 0.2) is 18.6 Å². The second-order valence-electron chi connectivity index (χ2n) is 7.28. The summed E-state index contributed by atoms with van der Waals surface area (Å²) in [5, 5.41) is 5.28. The largest absolute Gasteiger partial charge is 0.479 e. The number of aryl methyl sites for hydroxylation is 2. The lowest BCUT2D eigenvalue weighted by Crippen LogP contribution is -2.20. The van der Waals surface area contributed by atoms with Crippen molar-refractivity contribution in [2.24, 2.45) is 0 Å². The first-order valence-corrected chi connectivity index (χ1v) is 10.1. The van der Waals surface area contributed by atoms with Crippen molar-refractivity contribution in [3.05, 3.63) is 41.0 Å². The fraction of sp³-hybridized carbons (Fsp3) is 0.350. The van der Waals surface area contributed by atoms with Crippen LogP contribution in [0.5, 0.6) is 11.8 Å². The van der Waals surface area contributed by atoms with Crippen LogP contribution in [0, 0.1) is 20.8 Å². The lowest BCUT2D eigenvalue weighted by Gasteiger charge is -2.11. The molecule has 0 saturated carbocycles. The molecule has 32 heavy (non-hydrogen) atoms. The number of hydrogen-bond acceptors (Lipinski definition) is 8. The van der Waals surface area contributed by atoms with Crippen molar-refractivity contribution in [1.82, 2.24) is 34.3 Å². The van der Waals surface area contributed by atoms with E-state index in [0.29, 0.717) is 34.4 Å². The molecule has 0 spiro atoms. The van der Waals surface area contributed by atoms with Gasteiger partial charge in [0.15, 0.2) is 6.17 Å². The van der Waals surface area contributed by atoms with Gasteiger partial charge in [-0.1, -0.05) is 0 Å². The molecule has 4 aromatic heterocycles. The molecule has 12 heteroatoms. The molecule has 0 saturated heterocycles. The minimum Gasteiger partial charge on any atom is -0.479 e. The molecule has 0 fully saturated rings. The van der Waals surface area contributed by atoms with Gasteiger partial charge in [0, 0.05) is 17.8 Å². The smallest absolute Gasteiger partial charge is 0.257 e. The summed E-state index contributed by atoms with van der Waals surface area (Å²) >= 11 is 5.90. The standard InChI is InChI=1S/C20H22ClFN8O2/c1-10-7-29(17-14(10)5-25-20(21)27-17)8-13(22)9-32-19-16(23)11(2)30(28-19)15-6-24-12(3)26-18(15)31-4/h5-7,13H,8-9,23H2,1-4H3. The van der Waals surface area contributed by atoms with E-state index < -0.39 is 6.17 Å². The number of rotatable bonds is 7. The summed E-state index contributed by atoms with van der Waals surface area (Å²) in [6, 6.07) is 0. The Morgan fingerprint density at radius 2 is 1.94 bits per heavy atom. The van der Waals surface area contributed by atoms with E-state index in [1.165, 1.54) is 11.8 Å². The predicted molar refractivity (Wildman–Crippen MR) is 117 cm³/mol. The van der Waals surface area contributed by atoms with Gasteiger partial charge in [-0.25, -0.2) is 19.0 Å². The zero-order chi connectivity index (χ0) is 23.0. The Morgan fingerprint density at radius 1 is 1.16 bits per heavy atom. The molecule has 0 aliphatic rings. The van der Waals surface area contributed by atoms with Gasteiger partial charge in [0.2, 0.25) is 11.2 Å². The number of nitrogens with two attached hydrogens (primary N) is 1. The van der Waals surface area contributed by atoms with Gasteiger partial charge in [-0.2, -0.15) is 9.97 Å². The van der Waals surface area contributed by atoms with E-state index in [1.807, 2.05) is 6.92 Å². The monoisotopic (exact) mass is 460 g/mol. The Morgan fingerprint density at radius 3 is 2.69 bits per heavy atom. The van der Waals surface area contributed by atoms with E-state index in [9.17, 15) is 4.39 Å². The van der Waals surface area contributed by atoms with Crippen molar-refractivity contribution in [2.75, 3.05) is 19.5 Å². The first kappa shape index (κ1) is 21.8. The number of ether oxygens (including phenoxy) is 2. The lowest BCUT2D eigenvalue weighted by molar-refractivity contribution is 0.175. The highest BCUT2D eigenvalue weighted by atomic mass is 35.5. The van der Waals surface area contributed by atoms with Gasteiger partial charge in [0.25, 0.3) is 5.88 Å². The van der Waals surface area contributed by atoms with E-state index in [2.05, 4.69) is 25.0 Å². The van der Waals surface area contributed by atoms with Crippen molar-refractivity contribution in [3.8, 4) is 17.4 Å². The van der Waals surface area contributed by atoms with Gasteiger partial charge in [0.05, 0.1) is 25.5 Å². The molecule has 0 bridgehead atoms. The number of nitrogen functional groups attached to an aromatic ring is 1. The third-order valence-electron chi connectivity index (χ3n) is 4.99. The van der Waals surface area contributed by atoms with Crippen LogP contribution in [0.3, 0.4) is 0 Å². The average molecular weight is 461 g/mol. The number of alkyl halides is 1. The zero-order valence-electron chi connectivity index (χ0n) is 18.0. The van der Waals surface area contributed by atoms with Crippen LogP contribution >= 0.6 is 11.6 Å². The predicted octanol–water partition coefficient (Wildman–Crippen LogP) is 2.99. The fourth-order valence-electron chi connectivity index (χ4n) is 3.36. The first-order chi connectivity index (χ1) is 15.3. The van der Waals surface area contributed by atoms with Gasteiger partial charge in [-0.3, -0.25) is 0 Å². The van der Waals surface area contributed by atoms with Gasteiger partial charge >= 0.3 is 0 Å². The van der Waals surface area contributed by atoms with E-state index in [1.54, 1.807) is 37.0 Å². The van der Waals surface area contributed by atoms with E-state index in [-0.39, 0.29) is 24.3 Å². The minimum absolute atomic E-state index is 0.0247. The molecule has 4 heterocycles. The summed E-state index contributed by atoms with van der Waals surface area (Å²) in [5.74, 6) is 1.01. The number of fused-ring (bicyclic) bond motifs is 1. The summed E-state index contributed by atoms with van der Waals surface area (Å²) in [6.45, 7) is 5.19. The van der Waals surface area contributed by atoms with Crippen LogP contribution in [0.4, 0.5) is 10.1 Å². The Kier molecular flexibility index (Phi) is 5.83. The molecule has 10 nitrogen and oxygen atoms in total. The topological polar surface area (TPSA) is 119 Å². The van der Waals surface area contributed by atoms with Gasteiger partial charge in [-0.05, 0) is 37.9 Å². The highest BCUT2D eigenvalue weighted by Gasteiger charge is 2.20. The summed E-state index contributed by atoms with van der Waals surface area (Å²) in [7, 11) is 1.50.